The Labute approximate surface area is 224 Å². The number of carbonyl (C=O) groups excluding carboxylic acids is 3. The molecule has 0 heterocycles. The van der Waals surface area contributed by atoms with Gasteiger partial charge in [-0.2, -0.15) is 0 Å². The molecular weight excluding hydrogens is 512 g/mol. The molecule has 2 aromatic carbocycles. The molecule has 0 aliphatic heterocycles. The number of phenols is 2. The van der Waals surface area contributed by atoms with E-state index in [4.69, 9.17) is 10.8 Å². The van der Waals surface area contributed by atoms with Crippen LogP contribution in [0.15, 0.2) is 48.5 Å². The largest absolute Gasteiger partial charge is 0.508 e. The fourth-order valence-corrected chi connectivity index (χ4v) is 3.53. The monoisotopic (exact) mass is 544 g/mol. The van der Waals surface area contributed by atoms with Gasteiger partial charge in [-0.15, -0.1) is 0 Å². The van der Waals surface area contributed by atoms with Gasteiger partial charge in [-0.25, -0.2) is 4.79 Å². The van der Waals surface area contributed by atoms with Crippen LogP contribution in [0.2, 0.25) is 0 Å². The van der Waals surface area contributed by atoms with E-state index in [1.54, 1.807) is 0 Å². The van der Waals surface area contributed by atoms with Gasteiger partial charge < -0.3 is 42.1 Å². The maximum absolute atomic E-state index is 13.2. The van der Waals surface area contributed by atoms with Crippen molar-refractivity contribution in [3.8, 4) is 11.5 Å². The van der Waals surface area contributed by atoms with Gasteiger partial charge in [-0.1, -0.05) is 24.3 Å². The Morgan fingerprint density at radius 3 is 1.54 bits per heavy atom. The van der Waals surface area contributed by atoms with Crippen molar-refractivity contribution in [2.24, 2.45) is 5.73 Å². The lowest BCUT2D eigenvalue weighted by molar-refractivity contribution is -0.143. The zero-order valence-electron chi connectivity index (χ0n) is 21.2. The molecule has 0 radical (unpaired) electrons. The van der Waals surface area contributed by atoms with Gasteiger partial charge in [-0.3, -0.25) is 19.2 Å². The molecule has 0 aliphatic carbocycles. The first-order chi connectivity index (χ1) is 18.3. The fraction of sp³-hybridized carbons (Fsp3) is 0.346. The SMILES string of the molecule is CC(N)C(=O)NC(Cc1ccc(O)cc1)C(=O)NC(CCC(=O)O)C(=O)NC(Cc1ccc(O)cc1)C(=O)O. The molecule has 210 valence electrons. The van der Waals surface area contributed by atoms with Gasteiger partial charge >= 0.3 is 11.9 Å². The zero-order chi connectivity index (χ0) is 29.1. The van der Waals surface area contributed by atoms with Crippen molar-refractivity contribution in [1.29, 1.82) is 0 Å². The van der Waals surface area contributed by atoms with Crippen molar-refractivity contribution >= 4 is 29.7 Å². The van der Waals surface area contributed by atoms with Crippen LogP contribution in [-0.4, -0.2) is 74.3 Å². The van der Waals surface area contributed by atoms with Crippen LogP contribution in [0.4, 0.5) is 0 Å². The smallest absolute Gasteiger partial charge is 0.326 e. The molecule has 9 N–H and O–H groups in total. The quantitative estimate of drug-likeness (QED) is 0.154. The standard InChI is InChI=1S/C26H32N4O9/c1-14(27)23(35)29-20(12-15-2-6-17(31)7-3-15)25(37)28-19(10-11-22(33)34)24(36)30-21(26(38)39)13-16-4-8-18(32)9-5-16/h2-9,14,19-21,31-32H,10-13,27H2,1H3,(H,28,37)(H,29,35)(H,30,36)(H,33,34)(H,38,39). The second kappa shape index (κ2) is 14.3. The Hall–Kier alpha value is -4.65. The summed E-state index contributed by atoms with van der Waals surface area (Å²) in [6.07, 6.45) is -1.06. The number of hydrogen-bond donors (Lipinski definition) is 8. The normalized spacial score (nSPS) is 13.8. The number of rotatable bonds is 14. The van der Waals surface area contributed by atoms with E-state index in [-0.39, 0.29) is 30.8 Å². The molecule has 0 saturated heterocycles. The van der Waals surface area contributed by atoms with Gasteiger partial charge in [0.05, 0.1) is 6.04 Å². The highest BCUT2D eigenvalue weighted by Crippen LogP contribution is 2.13. The minimum absolute atomic E-state index is 0.00920. The number of carboxylic acid groups (broad SMARTS) is 2. The van der Waals surface area contributed by atoms with E-state index in [0.29, 0.717) is 11.1 Å². The van der Waals surface area contributed by atoms with Gasteiger partial charge in [0.1, 0.15) is 29.6 Å². The van der Waals surface area contributed by atoms with Crippen molar-refractivity contribution in [2.75, 3.05) is 0 Å². The van der Waals surface area contributed by atoms with Gasteiger partial charge in [0.2, 0.25) is 17.7 Å². The van der Waals surface area contributed by atoms with Crippen LogP contribution in [-0.2, 0) is 36.8 Å². The number of carbonyl (C=O) groups is 5. The van der Waals surface area contributed by atoms with Crippen molar-refractivity contribution in [3.05, 3.63) is 59.7 Å². The Morgan fingerprint density at radius 2 is 1.10 bits per heavy atom. The van der Waals surface area contributed by atoms with Crippen LogP contribution in [0.1, 0.15) is 30.9 Å². The summed E-state index contributed by atoms with van der Waals surface area (Å²) < 4.78 is 0. The van der Waals surface area contributed by atoms with E-state index in [1.165, 1.54) is 55.5 Å². The molecule has 0 bridgehead atoms. The van der Waals surface area contributed by atoms with E-state index in [9.17, 15) is 39.3 Å². The summed E-state index contributed by atoms with van der Waals surface area (Å²) in [5.41, 5.74) is 6.67. The molecule has 4 unspecified atom stereocenters. The molecule has 2 aromatic rings. The number of aliphatic carboxylic acids is 2. The summed E-state index contributed by atoms with van der Waals surface area (Å²) in [7, 11) is 0. The number of amides is 3. The molecule has 0 saturated carbocycles. The third-order valence-corrected chi connectivity index (χ3v) is 5.69. The lowest BCUT2D eigenvalue weighted by Crippen LogP contribution is -2.57. The zero-order valence-corrected chi connectivity index (χ0v) is 21.2. The van der Waals surface area contributed by atoms with Crippen molar-refractivity contribution in [1.82, 2.24) is 16.0 Å². The fourth-order valence-electron chi connectivity index (χ4n) is 3.53. The maximum Gasteiger partial charge on any atom is 0.326 e. The average molecular weight is 545 g/mol. The van der Waals surface area contributed by atoms with E-state index in [1.807, 2.05) is 0 Å². The number of nitrogens with one attached hydrogen (secondary N) is 3. The minimum Gasteiger partial charge on any atom is -0.508 e. The lowest BCUT2D eigenvalue weighted by atomic mass is 10.0. The van der Waals surface area contributed by atoms with Crippen LogP contribution in [0.3, 0.4) is 0 Å². The first-order valence-corrected chi connectivity index (χ1v) is 12.0. The topological polar surface area (TPSA) is 228 Å². The van der Waals surface area contributed by atoms with E-state index < -0.39 is 60.2 Å². The Kier molecular flexibility index (Phi) is 11.2. The highest BCUT2D eigenvalue weighted by atomic mass is 16.4. The summed E-state index contributed by atoms with van der Waals surface area (Å²) in [6, 6.07) is 6.48. The van der Waals surface area contributed by atoms with Crippen molar-refractivity contribution in [3.63, 3.8) is 0 Å². The third-order valence-electron chi connectivity index (χ3n) is 5.69. The molecule has 0 aromatic heterocycles. The summed E-state index contributed by atoms with van der Waals surface area (Å²) in [4.78, 5) is 61.5. The minimum atomic E-state index is -1.44. The van der Waals surface area contributed by atoms with Crippen LogP contribution in [0.5, 0.6) is 11.5 Å². The number of hydrogen-bond acceptors (Lipinski definition) is 8. The molecule has 2 rings (SSSR count). The number of phenolic OH excluding ortho intramolecular Hbond substituents is 2. The summed E-state index contributed by atoms with van der Waals surface area (Å²) >= 11 is 0. The molecule has 13 nitrogen and oxygen atoms in total. The predicted octanol–water partition coefficient (Wildman–Crippen LogP) is -0.366. The summed E-state index contributed by atoms with van der Waals surface area (Å²) in [5.74, 6) is -5.05. The molecule has 0 fully saturated rings. The molecule has 39 heavy (non-hydrogen) atoms. The number of benzene rings is 2. The molecule has 13 heteroatoms. The second-order valence-electron chi connectivity index (χ2n) is 8.98. The Morgan fingerprint density at radius 1 is 0.692 bits per heavy atom. The molecule has 3 amide bonds. The van der Waals surface area contributed by atoms with Crippen LogP contribution in [0.25, 0.3) is 0 Å². The Bertz CT molecular complexity index is 1170. The van der Waals surface area contributed by atoms with Gasteiger partial charge in [0, 0.05) is 19.3 Å². The average Bonchev–Trinajstić information content (AvgIpc) is 2.87. The van der Waals surface area contributed by atoms with E-state index in [0.717, 1.165) is 0 Å². The van der Waals surface area contributed by atoms with Crippen molar-refractivity contribution in [2.45, 2.75) is 56.8 Å². The highest BCUT2D eigenvalue weighted by molar-refractivity contribution is 5.94. The van der Waals surface area contributed by atoms with Crippen LogP contribution in [0, 0.1) is 0 Å². The molecule has 0 aliphatic rings. The van der Waals surface area contributed by atoms with E-state index >= 15 is 0 Å². The van der Waals surface area contributed by atoms with Crippen molar-refractivity contribution < 1.29 is 44.4 Å². The van der Waals surface area contributed by atoms with Gasteiger partial charge in [-0.05, 0) is 48.7 Å². The third kappa shape index (κ3) is 10.3. The van der Waals surface area contributed by atoms with Crippen LogP contribution >= 0.6 is 0 Å². The lowest BCUT2D eigenvalue weighted by Gasteiger charge is -2.25. The van der Waals surface area contributed by atoms with Gasteiger partial charge in [0.25, 0.3) is 0 Å². The number of nitrogens with two attached hydrogens (primary N) is 1. The summed E-state index contributed by atoms with van der Waals surface area (Å²) in [6.45, 7) is 1.41. The Balaban J connectivity index is 2.23. The first-order valence-electron chi connectivity index (χ1n) is 12.0. The molecule has 4 atom stereocenters. The van der Waals surface area contributed by atoms with Crippen LogP contribution < -0.4 is 21.7 Å². The first kappa shape index (κ1) is 30.6. The summed E-state index contributed by atoms with van der Waals surface area (Å²) in [5, 5.41) is 44.9. The van der Waals surface area contributed by atoms with Gasteiger partial charge in [0.15, 0.2) is 0 Å². The predicted molar refractivity (Wildman–Crippen MR) is 138 cm³/mol. The van der Waals surface area contributed by atoms with E-state index in [2.05, 4.69) is 16.0 Å². The number of aromatic hydroxyl groups is 2. The highest BCUT2D eigenvalue weighted by Gasteiger charge is 2.30. The molecule has 0 spiro atoms. The second-order valence-corrected chi connectivity index (χ2v) is 8.98. The number of carboxylic acids is 2. The maximum atomic E-state index is 13.2. The molecular formula is C26H32N4O9.